The highest BCUT2D eigenvalue weighted by molar-refractivity contribution is 5.64. The molecule has 16 heavy (non-hydrogen) atoms. The lowest BCUT2D eigenvalue weighted by atomic mass is 10.2. The van der Waals surface area contributed by atoms with E-state index in [1.165, 1.54) is 6.07 Å². The van der Waals surface area contributed by atoms with Crippen LogP contribution in [0.2, 0.25) is 0 Å². The highest BCUT2D eigenvalue weighted by Crippen LogP contribution is 2.27. The van der Waals surface area contributed by atoms with E-state index in [1.54, 1.807) is 26.2 Å². The van der Waals surface area contributed by atoms with Crippen molar-refractivity contribution in [2.24, 2.45) is 0 Å². The largest absolute Gasteiger partial charge is 0.382 e. The normalized spacial score (nSPS) is 10.1. The van der Waals surface area contributed by atoms with Crippen LogP contribution in [0.3, 0.4) is 0 Å². The summed E-state index contributed by atoms with van der Waals surface area (Å²) in [7, 11) is 1.56. The minimum absolute atomic E-state index is 0.00239. The Hall–Kier alpha value is -1.66. The highest BCUT2D eigenvalue weighted by atomic mass is 16.7. The first-order valence-corrected chi connectivity index (χ1v) is 4.77. The lowest BCUT2D eigenvalue weighted by Crippen LogP contribution is -2.09. The molecule has 0 atom stereocenters. The van der Waals surface area contributed by atoms with Gasteiger partial charge in [-0.3, -0.25) is 20.4 Å². The summed E-state index contributed by atoms with van der Waals surface area (Å²) < 4.78 is 4.79. The van der Waals surface area contributed by atoms with Crippen molar-refractivity contribution in [1.82, 2.24) is 0 Å². The summed E-state index contributed by atoms with van der Waals surface area (Å²) in [6.45, 7) is 2.52. The van der Waals surface area contributed by atoms with Gasteiger partial charge in [-0.2, -0.15) is 0 Å². The van der Waals surface area contributed by atoms with Crippen LogP contribution in [0.25, 0.3) is 0 Å². The van der Waals surface area contributed by atoms with Gasteiger partial charge in [0.15, 0.2) is 0 Å². The van der Waals surface area contributed by atoms with Crippen LogP contribution >= 0.6 is 0 Å². The number of anilines is 1. The van der Waals surface area contributed by atoms with Crippen molar-refractivity contribution in [3.8, 4) is 0 Å². The molecule has 6 heteroatoms. The minimum atomic E-state index is -0.449. The van der Waals surface area contributed by atoms with Crippen LogP contribution in [-0.4, -0.2) is 25.2 Å². The average Bonchev–Trinajstić information content (AvgIpc) is 2.25. The number of benzene rings is 1. The second-order valence-electron chi connectivity index (χ2n) is 3.17. The van der Waals surface area contributed by atoms with Gasteiger partial charge in [0, 0.05) is 13.2 Å². The highest BCUT2D eigenvalue weighted by Gasteiger charge is 2.15. The van der Waals surface area contributed by atoms with Crippen LogP contribution in [0.4, 0.5) is 11.4 Å². The van der Waals surface area contributed by atoms with Gasteiger partial charge in [0.25, 0.3) is 5.69 Å². The number of aryl methyl sites for hydroxylation is 1. The molecule has 0 bridgehead atoms. The third-order valence-electron chi connectivity index (χ3n) is 2.01. The molecule has 0 aliphatic carbocycles. The van der Waals surface area contributed by atoms with Crippen molar-refractivity contribution in [1.29, 1.82) is 0 Å². The number of methoxy groups -OCH3 is 1. The van der Waals surface area contributed by atoms with E-state index in [9.17, 15) is 10.1 Å². The predicted octanol–water partition coefficient (Wildman–Crippen LogP) is 1.89. The maximum Gasteiger partial charge on any atom is 0.294 e. The minimum Gasteiger partial charge on any atom is -0.382 e. The molecular formula is C10H14N2O4. The van der Waals surface area contributed by atoms with E-state index >= 15 is 0 Å². The van der Waals surface area contributed by atoms with E-state index in [1.807, 2.05) is 0 Å². The van der Waals surface area contributed by atoms with Crippen LogP contribution in [-0.2, 0) is 9.57 Å². The topological polar surface area (TPSA) is 73.6 Å². The summed E-state index contributed by atoms with van der Waals surface area (Å²) in [5.41, 5.74) is 3.71. The van der Waals surface area contributed by atoms with Gasteiger partial charge in [0.2, 0.25) is 0 Å². The zero-order valence-electron chi connectivity index (χ0n) is 9.23. The summed E-state index contributed by atoms with van der Waals surface area (Å²) in [4.78, 5) is 15.4. The van der Waals surface area contributed by atoms with E-state index in [0.29, 0.717) is 18.9 Å². The Bertz CT molecular complexity index is 368. The smallest absolute Gasteiger partial charge is 0.294 e. The molecule has 0 amide bonds. The average molecular weight is 226 g/mol. The second-order valence-corrected chi connectivity index (χ2v) is 3.17. The molecule has 88 valence electrons. The second kappa shape index (κ2) is 6.04. The van der Waals surface area contributed by atoms with Crippen molar-refractivity contribution < 1.29 is 14.5 Å². The number of rotatable bonds is 6. The molecule has 0 heterocycles. The molecule has 1 rings (SSSR count). The number of nitro benzene ring substituents is 1. The van der Waals surface area contributed by atoms with Crippen molar-refractivity contribution in [2.45, 2.75) is 6.92 Å². The van der Waals surface area contributed by atoms with Gasteiger partial charge >= 0.3 is 0 Å². The Morgan fingerprint density at radius 2 is 2.19 bits per heavy atom. The van der Waals surface area contributed by atoms with E-state index in [2.05, 4.69) is 5.48 Å². The monoisotopic (exact) mass is 226 g/mol. The van der Waals surface area contributed by atoms with Gasteiger partial charge in [-0.25, -0.2) is 0 Å². The third kappa shape index (κ3) is 3.18. The van der Waals surface area contributed by atoms with Crippen molar-refractivity contribution >= 4 is 11.4 Å². The van der Waals surface area contributed by atoms with Crippen LogP contribution in [0, 0.1) is 17.0 Å². The summed E-state index contributed by atoms with van der Waals surface area (Å²) in [6, 6.07) is 4.83. The molecule has 0 aliphatic heterocycles. The van der Waals surface area contributed by atoms with Gasteiger partial charge in [-0.1, -0.05) is 12.1 Å². The molecule has 0 aliphatic rings. The zero-order chi connectivity index (χ0) is 12.0. The van der Waals surface area contributed by atoms with Gasteiger partial charge < -0.3 is 4.74 Å². The van der Waals surface area contributed by atoms with E-state index < -0.39 is 4.92 Å². The first kappa shape index (κ1) is 12.4. The molecule has 0 spiro atoms. The lowest BCUT2D eigenvalue weighted by molar-refractivity contribution is -0.384. The molecule has 1 N–H and O–H groups in total. The van der Waals surface area contributed by atoms with Crippen LogP contribution < -0.4 is 5.48 Å². The lowest BCUT2D eigenvalue weighted by Gasteiger charge is -2.09. The summed E-state index contributed by atoms with van der Waals surface area (Å²) in [5, 5.41) is 10.7. The standard InChI is InChI=1S/C10H14N2O4/c1-8-4-3-5-9(12(13)14)10(8)11-16-7-6-15-2/h3-5,11H,6-7H2,1-2H3. The van der Waals surface area contributed by atoms with Crippen molar-refractivity contribution in [3.63, 3.8) is 0 Å². The van der Waals surface area contributed by atoms with E-state index in [0.717, 1.165) is 5.56 Å². The number of nitrogens with one attached hydrogen (secondary N) is 1. The zero-order valence-corrected chi connectivity index (χ0v) is 9.23. The fourth-order valence-electron chi connectivity index (χ4n) is 1.19. The third-order valence-corrected chi connectivity index (χ3v) is 2.01. The fourth-order valence-corrected chi connectivity index (χ4v) is 1.19. The van der Waals surface area contributed by atoms with Gasteiger partial charge in [-0.05, 0) is 12.5 Å². The number of nitrogens with zero attached hydrogens (tertiary/aromatic N) is 1. The molecule has 0 radical (unpaired) electrons. The molecule has 0 saturated heterocycles. The molecule has 1 aromatic rings. The van der Waals surface area contributed by atoms with E-state index in [-0.39, 0.29) is 5.69 Å². The number of hydrogen-bond acceptors (Lipinski definition) is 5. The number of nitro groups is 1. The van der Waals surface area contributed by atoms with Crippen LogP contribution in [0.15, 0.2) is 18.2 Å². The van der Waals surface area contributed by atoms with Crippen LogP contribution in [0.1, 0.15) is 5.56 Å². The van der Waals surface area contributed by atoms with E-state index in [4.69, 9.17) is 9.57 Å². The fraction of sp³-hybridized carbons (Fsp3) is 0.400. The maximum absolute atomic E-state index is 10.7. The van der Waals surface area contributed by atoms with Crippen LogP contribution in [0.5, 0.6) is 0 Å². The van der Waals surface area contributed by atoms with Gasteiger partial charge in [-0.15, -0.1) is 0 Å². The Morgan fingerprint density at radius 1 is 1.44 bits per heavy atom. The first-order valence-electron chi connectivity index (χ1n) is 4.77. The number of hydrogen-bond donors (Lipinski definition) is 1. The van der Waals surface area contributed by atoms with Gasteiger partial charge in [0.05, 0.1) is 18.1 Å². The Balaban J connectivity index is 2.73. The molecule has 0 saturated carbocycles. The maximum atomic E-state index is 10.7. The van der Waals surface area contributed by atoms with Crippen molar-refractivity contribution in [2.75, 3.05) is 25.8 Å². The quantitative estimate of drug-likeness (QED) is 0.455. The predicted molar refractivity (Wildman–Crippen MR) is 59.3 cm³/mol. The molecule has 1 aromatic carbocycles. The van der Waals surface area contributed by atoms with Gasteiger partial charge in [0.1, 0.15) is 5.69 Å². The number of para-hydroxylation sites is 1. The Labute approximate surface area is 93.3 Å². The molecular weight excluding hydrogens is 212 g/mol. The summed E-state index contributed by atoms with van der Waals surface area (Å²) in [5.74, 6) is 0. The molecule has 0 unspecified atom stereocenters. The summed E-state index contributed by atoms with van der Waals surface area (Å²) in [6.07, 6.45) is 0. The van der Waals surface area contributed by atoms with Crippen molar-refractivity contribution in [3.05, 3.63) is 33.9 Å². The Morgan fingerprint density at radius 3 is 2.81 bits per heavy atom. The molecule has 0 fully saturated rings. The first-order chi connectivity index (χ1) is 7.66. The molecule has 6 nitrogen and oxygen atoms in total. The number of ether oxygens (including phenoxy) is 1. The molecule has 0 aromatic heterocycles. The Kier molecular flexibility index (Phi) is 4.68. The summed E-state index contributed by atoms with van der Waals surface area (Å²) >= 11 is 0. The SMILES string of the molecule is COCCONc1c(C)cccc1[N+](=O)[O-].